The largest absolute Gasteiger partial charge is 0.457 e. The molecule has 0 bridgehead atoms. The van der Waals surface area contributed by atoms with Crippen LogP contribution in [0.1, 0.15) is 36.9 Å². The van der Waals surface area contributed by atoms with Gasteiger partial charge in [0.15, 0.2) is 0 Å². The molecule has 3 rings (SSSR count). The van der Waals surface area contributed by atoms with E-state index in [0.29, 0.717) is 12.8 Å². The summed E-state index contributed by atoms with van der Waals surface area (Å²) < 4.78 is 10.8. The first kappa shape index (κ1) is 17.0. The molecule has 1 saturated heterocycles. The van der Waals surface area contributed by atoms with Crippen LogP contribution in [0.5, 0.6) is 0 Å². The van der Waals surface area contributed by atoms with Gasteiger partial charge < -0.3 is 14.8 Å². The molecule has 0 spiro atoms. The Hall–Kier alpha value is -2.82. The quantitative estimate of drug-likeness (QED) is 0.843. The molecule has 1 unspecified atom stereocenters. The Labute approximate surface area is 147 Å². The Kier molecular flexibility index (Phi) is 5.03. The molecule has 1 aliphatic heterocycles. The third-order valence-corrected chi connectivity index (χ3v) is 4.39. The zero-order valence-electron chi connectivity index (χ0n) is 14.1. The summed E-state index contributed by atoms with van der Waals surface area (Å²) in [5.41, 5.74) is 0.994. The molecule has 0 aliphatic carbocycles. The van der Waals surface area contributed by atoms with Crippen LogP contribution in [0.4, 0.5) is 4.79 Å². The Bertz CT molecular complexity index is 732. The molecule has 0 aromatic heterocycles. The van der Waals surface area contributed by atoms with Crippen LogP contribution in [0.25, 0.3) is 0 Å². The molecule has 25 heavy (non-hydrogen) atoms. The lowest BCUT2D eigenvalue weighted by Gasteiger charge is -2.33. The van der Waals surface area contributed by atoms with Gasteiger partial charge in [0.2, 0.25) is 0 Å². The van der Waals surface area contributed by atoms with Gasteiger partial charge >= 0.3 is 12.1 Å². The van der Waals surface area contributed by atoms with E-state index in [1.165, 1.54) is 0 Å². The van der Waals surface area contributed by atoms with E-state index in [0.717, 1.165) is 11.1 Å². The van der Waals surface area contributed by atoms with Crippen molar-refractivity contribution in [3.63, 3.8) is 0 Å². The van der Waals surface area contributed by atoms with Crippen molar-refractivity contribution in [3.8, 4) is 0 Å². The number of hydrogen-bond donors (Lipinski definition) is 1. The molecule has 0 radical (unpaired) electrons. The summed E-state index contributed by atoms with van der Waals surface area (Å²) in [6.07, 6.45) is 0.354. The van der Waals surface area contributed by atoms with Gasteiger partial charge in [-0.3, -0.25) is 4.79 Å². The van der Waals surface area contributed by atoms with Gasteiger partial charge in [0.05, 0.1) is 6.04 Å². The van der Waals surface area contributed by atoms with Crippen molar-refractivity contribution in [1.29, 1.82) is 0 Å². The minimum atomic E-state index is -0.787. The normalized spacial score (nSPS) is 20.6. The van der Waals surface area contributed by atoms with E-state index in [1.807, 2.05) is 67.6 Å². The van der Waals surface area contributed by atoms with Gasteiger partial charge in [0.25, 0.3) is 0 Å². The first-order valence-corrected chi connectivity index (χ1v) is 8.31. The summed E-state index contributed by atoms with van der Waals surface area (Å²) in [6.45, 7) is 2.03. The second-order valence-corrected chi connectivity index (χ2v) is 6.34. The number of rotatable bonds is 5. The molecule has 0 saturated carbocycles. The predicted octanol–water partition coefficient (Wildman–Crippen LogP) is 3.75. The lowest BCUT2D eigenvalue weighted by molar-refractivity contribution is -0.149. The van der Waals surface area contributed by atoms with Crippen LogP contribution in [-0.4, -0.2) is 17.7 Å². The van der Waals surface area contributed by atoms with Crippen molar-refractivity contribution in [2.24, 2.45) is 0 Å². The molecule has 2 aromatic rings. The second-order valence-electron chi connectivity index (χ2n) is 6.34. The number of esters is 1. The molecule has 5 heteroatoms. The van der Waals surface area contributed by atoms with Crippen LogP contribution in [0.2, 0.25) is 0 Å². The van der Waals surface area contributed by atoms with Gasteiger partial charge in [-0.25, -0.2) is 4.79 Å². The number of alkyl carbamates (subject to hydrolysis) is 1. The zero-order chi connectivity index (χ0) is 17.7. The number of cyclic esters (lactones) is 1. The molecular formula is C20H21NO4. The van der Waals surface area contributed by atoms with Crippen LogP contribution in [0, 0.1) is 0 Å². The molecule has 1 aliphatic rings. The van der Waals surface area contributed by atoms with Crippen LogP contribution in [0.3, 0.4) is 0 Å². The van der Waals surface area contributed by atoms with Crippen LogP contribution in [0.15, 0.2) is 60.7 Å². The van der Waals surface area contributed by atoms with Crippen molar-refractivity contribution < 1.29 is 19.1 Å². The van der Waals surface area contributed by atoms with Crippen molar-refractivity contribution in [2.75, 3.05) is 0 Å². The topological polar surface area (TPSA) is 64.6 Å². The average Bonchev–Trinajstić information content (AvgIpc) is 2.99. The summed E-state index contributed by atoms with van der Waals surface area (Å²) in [6, 6.07) is 18.5. The van der Waals surface area contributed by atoms with Gasteiger partial charge in [-0.15, -0.1) is 0 Å². The first-order valence-electron chi connectivity index (χ1n) is 8.31. The number of carbonyl (C=O) groups is 2. The fraction of sp³-hybridized carbons (Fsp3) is 0.300. The van der Waals surface area contributed by atoms with Gasteiger partial charge in [0.1, 0.15) is 12.2 Å². The highest BCUT2D eigenvalue weighted by molar-refractivity contribution is 5.73. The summed E-state index contributed by atoms with van der Waals surface area (Å²) >= 11 is 0. The Morgan fingerprint density at radius 2 is 1.80 bits per heavy atom. The maximum atomic E-state index is 12.3. The third-order valence-electron chi connectivity index (χ3n) is 4.39. The lowest BCUT2D eigenvalue weighted by Crippen LogP contribution is -2.44. The minimum absolute atomic E-state index is 0.185. The monoisotopic (exact) mass is 339 g/mol. The Balaban J connectivity index is 1.71. The maximum absolute atomic E-state index is 12.3. The highest BCUT2D eigenvalue weighted by Crippen LogP contribution is 2.38. The van der Waals surface area contributed by atoms with Gasteiger partial charge in [0, 0.05) is 6.42 Å². The third kappa shape index (κ3) is 4.18. The fourth-order valence-electron chi connectivity index (χ4n) is 3.03. The van der Waals surface area contributed by atoms with Crippen molar-refractivity contribution in [1.82, 2.24) is 5.32 Å². The fourth-order valence-corrected chi connectivity index (χ4v) is 3.03. The number of benzene rings is 2. The van der Waals surface area contributed by atoms with E-state index in [2.05, 4.69) is 5.32 Å². The zero-order valence-corrected chi connectivity index (χ0v) is 14.1. The summed E-state index contributed by atoms with van der Waals surface area (Å²) in [4.78, 5) is 23.9. The van der Waals surface area contributed by atoms with Crippen molar-refractivity contribution in [3.05, 3.63) is 71.8 Å². The molecule has 1 fully saturated rings. The standard InChI is InChI=1S/C20H21NO4/c1-20(13-12-17(22)25-20)18(16-10-6-3-7-11-16)21-19(23)24-14-15-8-4-2-5-9-15/h2-11,18H,12-14H2,1H3,(H,21,23)/t18-,20?/m0/s1. The van der Waals surface area contributed by atoms with Gasteiger partial charge in [-0.1, -0.05) is 60.7 Å². The molecule has 5 nitrogen and oxygen atoms in total. The van der Waals surface area contributed by atoms with E-state index in [4.69, 9.17) is 9.47 Å². The molecule has 2 atom stereocenters. The number of ether oxygens (including phenoxy) is 2. The number of hydrogen-bond acceptors (Lipinski definition) is 4. The second kappa shape index (κ2) is 7.38. The molecule has 130 valence electrons. The molecule has 1 N–H and O–H groups in total. The number of amides is 1. The van der Waals surface area contributed by atoms with Crippen LogP contribution < -0.4 is 5.32 Å². The van der Waals surface area contributed by atoms with Gasteiger partial charge in [-0.2, -0.15) is 0 Å². The van der Waals surface area contributed by atoms with E-state index in [-0.39, 0.29) is 12.6 Å². The molecular weight excluding hydrogens is 318 g/mol. The highest BCUT2D eigenvalue weighted by Gasteiger charge is 2.44. The predicted molar refractivity (Wildman–Crippen MR) is 92.7 cm³/mol. The number of nitrogens with one attached hydrogen (secondary N) is 1. The van der Waals surface area contributed by atoms with Crippen molar-refractivity contribution >= 4 is 12.1 Å². The highest BCUT2D eigenvalue weighted by atomic mass is 16.6. The summed E-state index contributed by atoms with van der Waals surface area (Å²) in [5.74, 6) is -0.247. The van der Waals surface area contributed by atoms with Crippen LogP contribution in [-0.2, 0) is 20.9 Å². The average molecular weight is 339 g/mol. The minimum Gasteiger partial charge on any atom is -0.457 e. The molecule has 1 heterocycles. The Morgan fingerprint density at radius 3 is 2.40 bits per heavy atom. The van der Waals surface area contributed by atoms with Crippen LogP contribution >= 0.6 is 0 Å². The van der Waals surface area contributed by atoms with Gasteiger partial charge in [-0.05, 0) is 24.5 Å². The number of carbonyl (C=O) groups excluding carboxylic acids is 2. The lowest BCUT2D eigenvalue weighted by atomic mass is 9.88. The first-order chi connectivity index (χ1) is 12.1. The smallest absolute Gasteiger partial charge is 0.408 e. The molecule has 2 aromatic carbocycles. The summed E-state index contributed by atoms with van der Waals surface area (Å²) in [5, 5.41) is 2.87. The maximum Gasteiger partial charge on any atom is 0.408 e. The van der Waals surface area contributed by atoms with E-state index in [1.54, 1.807) is 0 Å². The van der Waals surface area contributed by atoms with E-state index in [9.17, 15) is 9.59 Å². The summed E-state index contributed by atoms with van der Waals surface area (Å²) in [7, 11) is 0. The molecule has 1 amide bonds. The van der Waals surface area contributed by atoms with Crippen molar-refractivity contribution in [2.45, 2.75) is 38.0 Å². The SMILES string of the molecule is CC1([C@@H](NC(=O)OCc2ccccc2)c2ccccc2)CCC(=O)O1. The van der Waals surface area contributed by atoms with E-state index < -0.39 is 17.7 Å². The Morgan fingerprint density at radius 1 is 1.16 bits per heavy atom. The van der Waals surface area contributed by atoms with E-state index >= 15 is 0 Å².